The van der Waals surface area contributed by atoms with E-state index in [2.05, 4.69) is 31.0 Å². The van der Waals surface area contributed by atoms with Gasteiger partial charge in [0.05, 0.1) is 6.61 Å². The average molecular weight is 268 g/mol. The van der Waals surface area contributed by atoms with Gasteiger partial charge in [0.1, 0.15) is 0 Å². The lowest BCUT2D eigenvalue weighted by molar-refractivity contribution is -0.0289. The zero-order valence-electron chi connectivity index (χ0n) is 13.1. The van der Waals surface area contributed by atoms with Crippen LogP contribution in [0.15, 0.2) is 0 Å². The quantitative estimate of drug-likeness (QED) is 0.732. The van der Waals surface area contributed by atoms with Crippen molar-refractivity contribution in [3.8, 4) is 0 Å². The Morgan fingerprint density at radius 3 is 2.68 bits per heavy atom. The van der Waals surface area contributed by atoms with Gasteiger partial charge in [-0.05, 0) is 38.1 Å². The third kappa shape index (κ3) is 4.73. The number of hydrogen-bond donors (Lipinski definition) is 1. The molecule has 1 saturated carbocycles. The van der Waals surface area contributed by atoms with Crippen molar-refractivity contribution in [3.63, 3.8) is 0 Å². The summed E-state index contributed by atoms with van der Waals surface area (Å²) in [5.74, 6) is 0.765. The summed E-state index contributed by atoms with van der Waals surface area (Å²) in [5, 5.41) is 3.57. The Hall–Kier alpha value is -0.120. The van der Waals surface area contributed by atoms with Crippen molar-refractivity contribution in [2.75, 3.05) is 39.4 Å². The summed E-state index contributed by atoms with van der Waals surface area (Å²) in [5.41, 5.74) is 0.353. The highest BCUT2D eigenvalue weighted by molar-refractivity contribution is 4.93. The summed E-state index contributed by atoms with van der Waals surface area (Å²) in [6.07, 6.45) is 5.36. The number of ether oxygens (including phenoxy) is 1. The van der Waals surface area contributed by atoms with Crippen molar-refractivity contribution < 1.29 is 4.74 Å². The van der Waals surface area contributed by atoms with Gasteiger partial charge < -0.3 is 10.1 Å². The Bertz CT molecular complexity index is 257. The summed E-state index contributed by atoms with van der Waals surface area (Å²) in [7, 11) is 0. The SMILES string of the molecule is CCNCC1(CN(CC(C)C)C2CC2)CCCOC1. The fourth-order valence-corrected chi connectivity index (χ4v) is 3.30. The normalized spacial score (nSPS) is 28.3. The van der Waals surface area contributed by atoms with Gasteiger partial charge in [0.15, 0.2) is 0 Å². The molecule has 0 aromatic rings. The Kier molecular flexibility index (Phi) is 5.67. The van der Waals surface area contributed by atoms with E-state index in [9.17, 15) is 0 Å². The van der Waals surface area contributed by atoms with Crippen molar-refractivity contribution >= 4 is 0 Å². The van der Waals surface area contributed by atoms with Gasteiger partial charge in [-0.25, -0.2) is 0 Å². The van der Waals surface area contributed by atoms with Gasteiger partial charge in [-0.3, -0.25) is 4.90 Å². The van der Waals surface area contributed by atoms with E-state index in [0.717, 1.165) is 38.3 Å². The van der Waals surface area contributed by atoms with Gasteiger partial charge in [0, 0.05) is 37.7 Å². The Balaban J connectivity index is 1.95. The standard InChI is InChI=1S/C16H32N2O/c1-4-17-11-16(8-5-9-19-13-16)12-18(10-14(2)3)15-6-7-15/h14-15,17H,4-13H2,1-3H3. The van der Waals surface area contributed by atoms with Gasteiger partial charge in [0.25, 0.3) is 0 Å². The molecule has 1 unspecified atom stereocenters. The molecule has 1 aliphatic heterocycles. The molecule has 0 spiro atoms. The first kappa shape index (κ1) is 15.3. The molecule has 1 aliphatic carbocycles. The van der Waals surface area contributed by atoms with E-state index in [4.69, 9.17) is 4.74 Å². The van der Waals surface area contributed by atoms with Crippen LogP contribution in [0.2, 0.25) is 0 Å². The van der Waals surface area contributed by atoms with E-state index >= 15 is 0 Å². The summed E-state index contributed by atoms with van der Waals surface area (Å²) in [6.45, 7) is 13.4. The molecule has 0 amide bonds. The minimum Gasteiger partial charge on any atom is -0.381 e. The number of rotatable bonds is 8. The van der Waals surface area contributed by atoms with E-state index in [1.165, 1.54) is 38.8 Å². The molecule has 2 fully saturated rings. The first-order valence-electron chi connectivity index (χ1n) is 8.18. The largest absolute Gasteiger partial charge is 0.381 e. The molecule has 1 N–H and O–H groups in total. The third-order valence-electron chi connectivity index (χ3n) is 4.36. The molecule has 2 rings (SSSR count). The Morgan fingerprint density at radius 2 is 2.16 bits per heavy atom. The van der Waals surface area contributed by atoms with Crippen molar-refractivity contribution in [1.82, 2.24) is 10.2 Å². The molecule has 1 atom stereocenters. The molecule has 3 nitrogen and oxygen atoms in total. The van der Waals surface area contributed by atoms with Crippen LogP contribution in [-0.4, -0.2) is 50.3 Å². The van der Waals surface area contributed by atoms with Crippen LogP contribution in [0.25, 0.3) is 0 Å². The topological polar surface area (TPSA) is 24.5 Å². The highest BCUT2D eigenvalue weighted by Crippen LogP contribution is 2.35. The summed E-state index contributed by atoms with van der Waals surface area (Å²) < 4.78 is 5.82. The lowest BCUT2D eigenvalue weighted by Gasteiger charge is -2.41. The van der Waals surface area contributed by atoms with Gasteiger partial charge >= 0.3 is 0 Å². The summed E-state index contributed by atoms with van der Waals surface area (Å²) >= 11 is 0. The van der Waals surface area contributed by atoms with Crippen LogP contribution in [0.4, 0.5) is 0 Å². The fraction of sp³-hybridized carbons (Fsp3) is 1.00. The maximum absolute atomic E-state index is 5.82. The van der Waals surface area contributed by atoms with Crippen LogP contribution < -0.4 is 5.32 Å². The molecule has 1 heterocycles. The van der Waals surface area contributed by atoms with Crippen LogP contribution in [0.3, 0.4) is 0 Å². The first-order valence-corrected chi connectivity index (χ1v) is 8.18. The van der Waals surface area contributed by atoms with Crippen molar-refractivity contribution in [3.05, 3.63) is 0 Å². The van der Waals surface area contributed by atoms with Gasteiger partial charge in [-0.2, -0.15) is 0 Å². The molecule has 1 saturated heterocycles. The Labute approximate surface area is 119 Å². The Morgan fingerprint density at radius 1 is 1.37 bits per heavy atom. The predicted octanol–water partition coefficient (Wildman–Crippen LogP) is 2.51. The first-order chi connectivity index (χ1) is 9.15. The predicted molar refractivity (Wildman–Crippen MR) is 80.5 cm³/mol. The zero-order chi connectivity index (χ0) is 13.7. The van der Waals surface area contributed by atoms with Crippen LogP contribution in [0, 0.1) is 11.3 Å². The van der Waals surface area contributed by atoms with E-state index < -0.39 is 0 Å². The number of nitrogens with one attached hydrogen (secondary N) is 1. The van der Waals surface area contributed by atoms with E-state index in [1.807, 2.05) is 0 Å². The second-order valence-electron chi connectivity index (χ2n) is 6.99. The molecule has 19 heavy (non-hydrogen) atoms. The van der Waals surface area contributed by atoms with Crippen LogP contribution in [0.5, 0.6) is 0 Å². The van der Waals surface area contributed by atoms with E-state index in [1.54, 1.807) is 0 Å². The molecule has 0 aromatic heterocycles. The molecular weight excluding hydrogens is 236 g/mol. The smallest absolute Gasteiger partial charge is 0.0546 e. The number of nitrogens with zero attached hydrogens (tertiary/aromatic N) is 1. The maximum atomic E-state index is 5.82. The third-order valence-corrected chi connectivity index (χ3v) is 4.36. The summed E-state index contributed by atoms with van der Waals surface area (Å²) in [6, 6.07) is 0.864. The average Bonchev–Trinajstić information content (AvgIpc) is 3.21. The molecule has 0 aromatic carbocycles. The van der Waals surface area contributed by atoms with Gasteiger partial charge in [0.2, 0.25) is 0 Å². The van der Waals surface area contributed by atoms with Crippen LogP contribution in [0.1, 0.15) is 46.5 Å². The van der Waals surface area contributed by atoms with Crippen molar-refractivity contribution in [1.29, 1.82) is 0 Å². The van der Waals surface area contributed by atoms with Crippen LogP contribution in [-0.2, 0) is 4.74 Å². The van der Waals surface area contributed by atoms with E-state index in [-0.39, 0.29) is 0 Å². The maximum Gasteiger partial charge on any atom is 0.0546 e. The molecule has 3 heteroatoms. The minimum absolute atomic E-state index is 0.353. The molecule has 2 aliphatic rings. The van der Waals surface area contributed by atoms with Crippen molar-refractivity contribution in [2.24, 2.45) is 11.3 Å². The lowest BCUT2D eigenvalue weighted by Crippen LogP contribution is -2.50. The van der Waals surface area contributed by atoms with E-state index in [0.29, 0.717) is 5.41 Å². The van der Waals surface area contributed by atoms with Gasteiger partial charge in [-0.1, -0.05) is 20.8 Å². The minimum atomic E-state index is 0.353. The monoisotopic (exact) mass is 268 g/mol. The molecule has 0 bridgehead atoms. The van der Waals surface area contributed by atoms with Crippen LogP contribution >= 0.6 is 0 Å². The lowest BCUT2D eigenvalue weighted by atomic mass is 9.81. The summed E-state index contributed by atoms with van der Waals surface area (Å²) in [4.78, 5) is 2.75. The van der Waals surface area contributed by atoms with Crippen molar-refractivity contribution in [2.45, 2.75) is 52.5 Å². The second-order valence-corrected chi connectivity index (χ2v) is 6.99. The molecule has 0 radical (unpaired) electrons. The zero-order valence-corrected chi connectivity index (χ0v) is 13.1. The van der Waals surface area contributed by atoms with Gasteiger partial charge in [-0.15, -0.1) is 0 Å². The highest BCUT2D eigenvalue weighted by Gasteiger charge is 2.39. The fourth-order valence-electron chi connectivity index (χ4n) is 3.30. The molecular formula is C16H32N2O. The highest BCUT2D eigenvalue weighted by atomic mass is 16.5. The molecule has 112 valence electrons. The number of hydrogen-bond acceptors (Lipinski definition) is 3. The second kappa shape index (κ2) is 7.05.